The van der Waals surface area contributed by atoms with Crippen LogP contribution in [0.15, 0.2) is 60.7 Å². The molecule has 1 aliphatic rings. The van der Waals surface area contributed by atoms with Crippen LogP contribution in [-0.2, 0) is 4.79 Å². The van der Waals surface area contributed by atoms with Gasteiger partial charge in [-0.15, -0.1) is 0 Å². The van der Waals surface area contributed by atoms with E-state index in [4.69, 9.17) is 4.74 Å². The fourth-order valence-electron chi connectivity index (χ4n) is 4.21. The lowest BCUT2D eigenvalue weighted by atomic mass is 9.93. The largest absolute Gasteiger partial charge is 0.496 e. The Morgan fingerprint density at radius 2 is 1.93 bits per heavy atom. The lowest BCUT2D eigenvalue weighted by Crippen LogP contribution is -2.39. The number of carbonyl (C=O) groups is 1. The van der Waals surface area contributed by atoms with Crippen LogP contribution in [0.1, 0.15) is 30.0 Å². The van der Waals surface area contributed by atoms with E-state index in [9.17, 15) is 14.3 Å². The van der Waals surface area contributed by atoms with Crippen LogP contribution in [0.2, 0.25) is 0 Å². The fraction of sp³-hybridized carbons (Fsp3) is 0.261. The van der Waals surface area contributed by atoms with Crippen molar-refractivity contribution in [1.82, 2.24) is 4.90 Å². The second-order valence-corrected chi connectivity index (χ2v) is 7.13. The van der Waals surface area contributed by atoms with Crippen molar-refractivity contribution in [3.05, 3.63) is 77.6 Å². The third kappa shape index (κ3) is 3.34. The van der Waals surface area contributed by atoms with E-state index in [2.05, 4.69) is 6.07 Å². The normalized spacial score (nSPS) is 18.3. The van der Waals surface area contributed by atoms with Crippen LogP contribution in [0.4, 0.5) is 4.39 Å². The summed E-state index contributed by atoms with van der Waals surface area (Å²) in [5, 5.41) is 11.9. The second kappa shape index (κ2) is 7.60. The summed E-state index contributed by atoms with van der Waals surface area (Å²) in [7, 11) is 1.55. The Balaban J connectivity index is 1.90. The van der Waals surface area contributed by atoms with Gasteiger partial charge in [-0.2, -0.15) is 0 Å². The Morgan fingerprint density at radius 3 is 2.68 bits per heavy atom. The van der Waals surface area contributed by atoms with Gasteiger partial charge in [0.15, 0.2) is 0 Å². The first-order valence-electron chi connectivity index (χ1n) is 9.39. The Hall–Kier alpha value is -2.92. The van der Waals surface area contributed by atoms with Gasteiger partial charge in [-0.1, -0.05) is 36.4 Å². The van der Waals surface area contributed by atoms with E-state index in [0.717, 1.165) is 22.8 Å². The third-order valence-corrected chi connectivity index (χ3v) is 5.49. The molecule has 4 nitrogen and oxygen atoms in total. The van der Waals surface area contributed by atoms with E-state index in [1.807, 2.05) is 41.3 Å². The smallest absolute Gasteiger partial charge is 0.320 e. The Kier molecular flexibility index (Phi) is 5.01. The van der Waals surface area contributed by atoms with Gasteiger partial charge in [0.05, 0.1) is 13.2 Å². The number of aliphatic carboxylic acids is 1. The third-order valence-electron chi connectivity index (χ3n) is 5.49. The molecule has 144 valence electrons. The maximum atomic E-state index is 14.2. The molecule has 0 bridgehead atoms. The minimum atomic E-state index is -0.848. The summed E-state index contributed by atoms with van der Waals surface area (Å²) in [6, 6.07) is 17.5. The average Bonchev–Trinajstić information content (AvgIpc) is 3.18. The van der Waals surface area contributed by atoms with Crippen LogP contribution in [0.3, 0.4) is 0 Å². The van der Waals surface area contributed by atoms with Crippen LogP contribution in [0, 0.1) is 5.82 Å². The maximum Gasteiger partial charge on any atom is 0.320 e. The summed E-state index contributed by atoms with van der Waals surface area (Å²) >= 11 is 0. The molecule has 2 atom stereocenters. The number of hydrogen-bond acceptors (Lipinski definition) is 3. The van der Waals surface area contributed by atoms with Crippen molar-refractivity contribution < 1.29 is 19.0 Å². The maximum absolute atomic E-state index is 14.2. The number of fused-ring (bicyclic) bond motifs is 1. The number of carboxylic acid groups (broad SMARTS) is 1. The molecule has 1 fully saturated rings. The van der Waals surface area contributed by atoms with Gasteiger partial charge < -0.3 is 9.84 Å². The highest BCUT2D eigenvalue weighted by Crippen LogP contribution is 2.40. The predicted molar refractivity (Wildman–Crippen MR) is 106 cm³/mol. The van der Waals surface area contributed by atoms with Gasteiger partial charge in [0.25, 0.3) is 0 Å². The van der Waals surface area contributed by atoms with E-state index >= 15 is 0 Å². The molecule has 1 saturated heterocycles. The van der Waals surface area contributed by atoms with Crippen molar-refractivity contribution in [3.8, 4) is 5.75 Å². The van der Waals surface area contributed by atoms with E-state index in [0.29, 0.717) is 24.3 Å². The summed E-state index contributed by atoms with van der Waals surface area (Å²) in [5.74, 6) is -0.665. The summed E-state index contributed by atoms with van der Waals surface area (Å²) in [6.45, 7) is 0.633. The van der Waals surface area contributed by atoms with Gasteiger partial charge >= 0.3 is 5.97 Å². The number of methoxy groups -OCH3 is 1. The zero-order chi connectivity index (χ0) is 19.7. The van der Waals surface area contributed by atoms with Gasteiger partial charge in [-0.3, -0.25) is 9.69 Å². The Morgan fingerprint density at radius 1 is 1.14 bits per heavy atom. The number of carboxylic acids is 1. The second-order valence-electron chi connectivity index (χ2n) is 7.13. The fourth-order valence-corrected chi connectivity index (χ4v) is 4.21. The Bertz CT molecular complexity index is 1020. The summed E-state index contributed by atoms with van der Waals surface area (Å²) in [6.07, 6.45) is 1.37. The standard InChI is InChI=1S/C23H22FNO3/c1-28-21-11-10-18(24)14-19(21)22(25-12-4-7-20(25)23(26)27)17-9-8-15-5-2-3-6-16(15)13-17/h2-3,5-6,8-11,13-14,20,22H,4,7,12H2,1H3,(H,26,27). The first-order valence-corrected chi connectivity index (χ1v) is 9.39. The molecule has 1 N–H and O–H groups in total. The number of halogens is 1. The first kappa shape index (κ1) is 18.4. The average molecular weight is 379 g/mol. The molecule has 0 amide bonds. The molecule has 3 aromatic rings. The van der Waals surface area contributed by atoms with Crippen molar-refractivity contribution in [2.45, 2.75) is 24.9 Å². The monoisotopic (exact) mass is 379 g/mol. The number of hydrogen-bond donors (Lipinski definition) is 1. The molecule has 5 heteroatoms. The molecular weight excluding hydrogens is 357 g/mol. The van der Waals surface area contributed by atoms with E-state index < -0.39 is 18.1 Å². The molecule has 0 radical (unpaired) electrons. The van der Waals surface area contributed by atoms with Gasteiger partial charge in [0.2, 0.25) is 0 Å². The number of nitrogens with zero attached hydrogens (tertiary/aromatic N) is 1. The van der Waals surface area contributed by atoms with Crippen molar-refractivity contribution in [2.24, 2.45) is 0 Å². The lowest BCUT2D eigenvalue weighted by Gasteiger charge is -2.33. The van der Waals surface area contributed by atoms with Crippen molar-refractivity contribution in [1.29, 1.82) is 0 Å². The zero-order valence-corrected chi connectivity index (χ0v) is 15.6. The number of benzene rings is 3. The quantitative estimate of drug-likeness (QED) is 0.702. The molecule has 0 aliphatic carbocycles. The van der Waals surface area contributed by atoms with Crippen molar-refractivity contribution in [3.63, 3.8) is 0 Å². The van der Waals surface area contributed by atoms with Crippen molar-refractivity contribution in [2.75, 3.05) is 13.7 Å². The SMILES string of the molecule is COc1ccc(F)cc1C(c1ccc2ccccc2c1)N1CCCC1C(=O)O. The van der Waals surface area contributed by atoms with E-state index in [1.165, 1.54) is 12.1 Å². The van der Waals surface area contributed by atoms with E-state index in [1.54, 1.807) is 13.2 Å². The van der Waals surface area contributed by atoms with Crippen LogP contribution in [-0.4, -0.2) is 35.7 Å². The van der Waals surface area contributed by atoms with Gasteiger partial charge in [-0.05, 0) is 53.4 Å². The Labute approximate surface area is 163 Å². The zero-order valence-electron chi connectivity index (χ0n) is 15.6. The minimum Gasteiger partial charge on any atom is -0.496 e. The van der Waals surface area contributed by atoms with Crippen molar-refractivity contribution >= 4 is 16.7 Å². The molecule has 1 aliphatic heterocycles. The molecule has 1 heterocycles. The summed E-state index contributed by atoms with van der Waals surface area (Å²) in [4.78, 5) is 13.8. The predicted octanol–water partition coefficient (Wildman–Crippen LogP) is 4.63. The number of ether oxygens (including phenoxy) is 1. The number of rotatable bonds is 5. The molecule has 0 saturated carbocycles. The highest BCUT2D eigenvalue weighted by molar-refractivity contribution is 5.83. The summed E-state index contributed by atoms with van der Waals surface area (Å²) < 4.78 is 19.7. The molecule has 2 unspecified atom stereocenters. The van der Waals surface area contributed by atoms with Gasteiger partial charge in [0, 0.05) is 12.1 Å². The molecular formula is C23H22FNO3. The van der Waals surface area contributed by atoms with Crippen LogP contribution < -0.4 is 4.74 Å². The van der Waals surface area contributed by atoms with Crippen LogP contribution in [0.25, 0.3) is 10.8 Å². The van der Waals surface area contributed by atoms with Crippen LogP contribution in [0.5, 0.6) is 5.75 Å². The molecule has 3 aromatic carbocycles. The van der Waals surface area contributed by atoms with Gasteiger partial charge in [0.1, 0.15) is 17.6 Å². The highest BCUT2D eigenvalue weighted by atomic mass is 19.1. The van der Waals surface area contributed by atoms with E-state index in [-0.39, 0.29) is 5.82 Å². The summed E-state index contributed by atoms with van der Waals surface area (Å²) in [5.41, 5.74) is 1.57. The first-order chi connectivity index (χ1) is 13.6. The highest BCUT2D eigenvalue weighted by Gasteiger charge is 2.38. The molecule has 0 spiro atoms. The molecule has 0 aromatic heterocycles. The number of likely N-dealkylation sites (tertiary alicyclic amines) is 1. The molecule has 4 rings (SSSR count). The minimum absolute atomic E-state index is 0.368. The topological polar surface area (TPSA) is 49.8 Å². The van der Waals surface area contributed by atoms with Gasteiger partial charge in [-0.25, -0.2) is 4.39 Å². The lowest BCUT2D eigenvalue weighted by molar-refractivity contribution is -0.142. The molecule has 28 heavy (non-hydrogen) atoms. The van der Waals surface area contributed by atoms with Crippen LogP contribution >= 0.6 is 0 Å².